The molecule has 12 nitrogen and oxygen atoms in total. The van der Waals surface area contributed by atoms with E-state index in [1.807, 2.05) is 24.3 Å². The van der Waals surface area contributed by atoms with E-state index in [0.717, 1.165) is 30.4 Å². The van der Waals surface area contributed by atoms with Crippen LogP contribution in [0.5, 0.6) is 0 Å². The van der Waals surface area contributed by atoms with Crippen molar-refractivity contribution in [3.63, 3.8) is 0 Å². The number of Topliss-reactive ketones (excluding diaryl/α,β-unsaturated/α-hetero) is 1. The van der Waals surface area contributed by atoms with Crippen molar-refractivity contribution >= 4 is 58.7 Å². The van der Waals surface area contributed by atoms with Crippen molar-refractivity contribution in [2.24, 2.45) is 28.9 Å². The molecule has 0 bridgehead atoms. The largest absolute Gasteiger partial charge is 0.480 e. The molecule has 0 spiro atoms. The quantitative estimate of drug-likeness (QED) is 0.166. The highest BCUT2D eigenvalue weighted by Gasteiger charge is 2.47. The van der Waals surface area contributed by atoms with Crippen molar-refractivity contribution in [1.82, 2.24) is 20.9 Å². The highest BCUT2D eigenvalue weighted by atomic mass is 35.5. The van der Waals surface area contributed by atoms with Crippen LogP contribution in [0, 0.1) is 23.2 Å². The maximum atomic E-state index is 14.4. The Kier molecular flexibility index (Phi) is 11.2. The number of ketones is 1. The summed E-state index contributed by atoms with van der Waals surface area (Å²) in [7, 11) is 0. The van der Waals surface area contributed by atoms with Gasteiger partial charge in [-0.05, 0) is 54.1 Å². The SMILES string of the molecule is CC(C)(C)[C@H](NC(=O)N[C@H](C(=O)N1C[C@H](C(Cl)Cl)C[C@H]1C(=O)NC(CC1CCC1)C(=O)C(N)=O)C1Cc2ccccc2C1)C(=O)O. The molecule has 14 heteroatoms. The lowest BCUT2D eigenvalue weighted by Crippen LogP contribution is -2.60. The summed E-state index contributed by atoms with van der Waals surface area (Å²) in [5.74, 6) is -5.24. The first-order chi connectivity index (χ1) is 21.6. The smallest absolute Gasteiger partial charge is 0.326 e. The number of rotatable bonds is 12. The summed E-state index contributed by atoms with van der Waals surface area (Å²) in [6.07, 6.45) is 4.00. The second-order valence-electron chi connectivity index (χ2n) is 13.8. The van der Waals surface area contributed by atoms with Crippen LogP contribution in [0.15, 0.2) is 24.3 Å². The third-order valence-electron chi connectivity index (χ3n) is 9.44. The Labute approximate surface area is 278 Å². The number of nitrogens with two attached hydrogens (primary N) is 1. The topological polar surface area (TPSA) is 188 Å². The molecule has 46 heavy (non-hydrogen) atoms. The molecular weight excluding hydrogens is 637 g/mol. The number of carboxylic acids is 1. The van der Waals surface area contributed by atoms with Gasteiger partial charge in [-0.2, -0.15) is 0 Å². The first-order valence-corrected chi connectivity index (χ1v) is 16.5. The van der Waals surface area contributed by atoms with Crippen molar-refractivity contribution in [2.45, 2.75) is 94.7 Å². The number of carbonyl (C=O) groups is 6. The minimum atomic E-state index is -1.25. The van der Waals surface area contributed by atoms with Crippen LogP contribution >= 0.6 is 23.2 Å². The third kappa shape index (κ3) is 8.31. The number of benzene rings is 1. The number of carbonyl (C=O) groups excluding carboxylic acids is 5. The van der Waals surface area contributed by atoms with Crippen LogP contribution in [0.25, 0.3) is 0 Å². The van der Waals surface area contributed by atoms with E-state index in [2.05, 4.69) is 16.0 Å². The van der Waals surface area contributed by atoms with Crippen LogP contribution in [-0.4, -0.2) is 81.1 Å². The number of halogens is 2. The molecule has 1 saturated carbocycles. The number of urea groups is 1. The van der Waals surface area contributed by atoms with E-state index in [1.165, 1.54) is 4.90 Å². The first kappa shape index (κ1) is 35.5. The van der Waals surface area contributed by atoms with Crippen LogP contribution in [-0.2, 0) is 36.8 Å². The maximum absolute atomic E-state index is 14.4. The summed E-state index contributed by atoms with van der Waals surface area (Å²) in [6.45, 7) is 5.02. The first-order valence-electron chi connectivity index (χ1n) is 15.7. The fraction of sp³-hybridized carbons (Fsp3) is 0.625. The predicted molar refractivity (Wildman–Crippen MR) is 171 cm³/mol. The highest BCUT2D eigenvalue weighted by Crippen LogP contribution is 2.35. The average molecular weight is 681 g/mol. The van der Waals surface area contributed by atoms with Gasteiger partial charge in [0, 0.05) is 12.5 Å². The zero-order chi connectivity index (χ0) is 33.9. The number of carboxylic acid groups (broad SMARTS) is 1. The van der Waals surface area contributed by atoms with Gasteiger partial charge in [0.15, 0.2) is 0 Å². The van der Waals surface area contributed by atoms with E-state index in [-0.39, 0.29) is 25.3 Å². The summed E-state index contributed by atoms with van der Waals surface area (Å²) in [6, 6.07) is 2.21. The number of amides is 5. The number of nitrogens with zero attached hydrogens (tertiary/aromatic N) is 1. The van der Waals surface area contributed by atoms with Gasteiger partial charge in [0.25, 0.3) is 5.91 Å². The molecule has 0 aromatic heterocycles. The van der Waals surface area contributed by atoms with E-state index in [1.54, 1.807) is 20.8 Å². The molecule has 1 saturated heterocycles. The Morgan fingerprint density at radius 3 is 2.07 bits per heavy atom. The molecule has 1 heterocycles. The Morgan fingerprint density at radius 1 is 0.978 bits per heavy atom. The molecule has 1 aliphatic heterocycles. The fourth-order valence-corrected chi connectivity index (χ4v) is 6.99. The summed E-state index contributed by atoms with van der Waals surface area (Å²) in [5.41, 5.74) is 6.50. The maximum Gasteiger partial charge on any atom is 0.326 e. The van der Waals surface area contributed by atoms with Crippen molar-refractivity contribution in [2.75, 3.05) is 6.54 Å². The van der Waals surface area contributed by atoms with Gasteiger partial charge in [-0.1, -0.05) is 64.3 Å². The standard InChI is InChI=1S/C32H43Cl2N5O7/c1-32(2,3)25(30(44)45)38-31(46)37-23(19-12-17-9-4-5-10-18(17)13-19)29(43)39-15-20(26(33)34)14-22(39)28(42)36-21(24(40)27(35)41)11-16-7-6-8-16/h4-5,9-10,16,19-23,25-26H,6-8,11-15H2,1-3H3,(H2,35,41)(H,36,42)(H,44,45)(H2,37,38,46)/t20-,21?,22+,23+,25-/m1/s1. The van der Waals surface area contributed by atoms with Gasteiger partial charge < -0.3 is 31.7 Å². The van der Waals surface area contributed by atoms with Crippen LogP contribution in [0.3, 0.4) is 0 Å². The van der Waals surface area contributed by atoms with Crippen molar-refractivity contribution in [3.05, 3.63) is 35.4 Å². The Morgan fingerprint density at radius 2 is 1.59 bits per heavy atom. The number of aliphatic carboxylic acids is 1. The van der Waals surface area contributed by atoms with Gasteiger partial charge in [-0.3, -0.25) is 19.2 Å². The number of hydrogen-bond acceptors (Lipinski definition) is 6. The van der Waals surface area contributed by atoms with Gasteiger partial charge in [0.2, 0.25) is 17.6 Å². The molecule has 5 amide bonds. The number of hydrogen-bond donors (Lipinski definition) is 5. The van der Waals surface area contributed by atoms with E-state index in [9.17, 15) is 33.9 Å². The molecule has 252 valence electrons. The summed E-state index contributed by atoms with van der Waals surface area (Å²) >= 11 is 12.5. The number of alkyl halides is 2. The number of nitrogens with one attached hydrogen (secondary N) is 3. The lowest BCUT2D eigenvalue weighted by Gasteiger charge is -2.34. The van der Waals surface area contributed by atoms with Gasteiger partial charge in [0.1, 0.15) is 23.0 Å². The summed E-state index contributed by atoms with van der Waals surface area (Å²) in [4.78, 5) is 78.3. The van der Waals surface area contributed by atoms with Crippen LogP contribution in [0.1, 0.15) is 64.0 Å². The highest BCUT2D eigenvalue weighted by molar-refractivity contribution is 6.44. The molecule has 1 aromatic rings. The molecule has 1 unspecified atom stereocenters. The van der Waals surface area contributed by atoms with E-state index >= 15 is 0 Å². The van der Waals surface area contributed by atoms with Crippen molar-refractivity contribution in [3.8, 4) is 0 Å². The van der Waals surface area contributed by atoms with Gasteiger partial charge >= 0.3 is 12.0 Å². The molecule has 0 radical (unpaired) electrons. The van der Waals surface area contributed by atoms with Crippen LogP contribution in [0.4, 0.5) is 4.79 Å². The molecule has 6 N–H and O–H groups in total. The molecule has 5 atom stereocenters. The van der Waals surface area contributed by atoms with E-state index in [0.29, 0.717) is 12.8 Å². The van der Waals surface area contributed by atoms with Crippen LogP contribution in [0.2, 0.25) is 0 Å². The lowest BCUT2D eigenvalue weighted by atomic mass is 9.80. The molecule has 1 aromatic carbocycles. The zero-order valence-electron chi connectivity index (χ0n) is 26.3. The molecular formula is C32H43Cl2N5O7. The lowest BCUT2D eigenvalue weighted by molar-refractivity contribution is -0.143. The third-order valence-corrected chi connectivity index (χ3v) is 10.2. The Balaban J connectivity index is 1.61. The van der Waals surface area contributed by atoms with Gasteiger partial charge in [-0.25, -0.2) is 9.59 Å². The Hall–Kier alpha value is -3.38. The average Bonchev–Trinajstić information content (AvgIpc) is 3.59. The predicted octanol–water partition coefficient (Wildman–Crippen LogP) is 2.32. The van der Waals surface area contributed by atoms with Crippen molar-refractivity contribution in [1.29, 1.82) is 0 Å². The number of fused-ring (bicyclic) bond motifs is 1. The normalized spacial score (nSPS) is 21.9. The monoisotopic (exact) mass is 679 g/mol. The fourth-order valence-electron chi connectivity index (χ4n) is 6.63. The Bertz CT molecular complexity index is 1340. The van der Waals surface area contributed by atoms with Gasteiger partial charge in [0.05, 0.1) is 6.04 Å². The van der Waals surface area contributed by atoms with Crippen molar-refractivity contribution < 1.29 is 33.9 Å². The molecule has 3 aliphatic rings. The van der Waals surface area contributed by atoms with Gasteiger partial charge in [-0.15, -0.1) is 23.2 Å². The zero-order valence-corrected chi connectivity index (χ0v) is 27.8. The summed E-state index contributed by atoms with van der Waals surface area (Å²) in [5, 5.41) is 17.6. The molecule has 2 fully saturated rings. The number of likely N-dealkylation sites (tertiary alicyclic amines) is 1. The van der Waals surface area contributed by atoms with Crippen LogP contribution < -0.4 is 21.7 Å². The molecule has 4 rings (SSSR count). The molecule has 2 aliphatic carbocycles. The number of primary amides is 1. The van der Waals surface area contributed by atoms with E-state index in [4.69, 9.17) is 28.9 Å². The second kappa shape index (κ2) is 14.6. The summed E-state index contributed by atoms with van der Waals surface area (Å²) < 4.78 is 0. The minimum absolute atomic E-state index is 0.00482. The van der Waals surface area contributed by atoms with E-state index < -0.39 is 81.8 Å². The minimum Gasteiger partial charge on any atom is -0.480 e. The second-order valence-corrected chi connectivity index (χ2v) is 15.0.